The smallest absolute Gasteiger partial charge is 0.248 e. The summed E-state index contributed by atoms with van der Waals surface area (Å²) in [4.78, 5) is 56.4. The average Bonchev–Trinajstić information content (AvgIpc) is 3.46. The van der Waals surface area contributed by atoms with Crippen LogP contribution >= 0.6 is 15.9 Å². The van der Waals surface area contributed by atoms with E-state index in [2.05, 4.69) is 65.6 Å². The number of halogens is 1. The second-order valence-corrected chi connectivity index (χ2v) is 14.3. The number of carbonyl (C=O) groups is 3. The minimum absolute atomic E-state index is 0.0926. The molecule has 9 rings (SSSR count). The summed E-state index contributed by atoms with van der Waals surface area (Å²) >= 11 is 3.43. The number of nitrogens with one attached hydrogen (secondary N) is 1. The predicted octanol–water partition coefficient (Wildman–Crippen LogP) is 5.74. The van der Waals surface area contributed by atoms with Crippen molar-refractivity contribution in [3.05, 3.63) is 99.3 Å². The Kier molecular flexibility index (Phi) is 7.68. The first-order chi connectivity index (χ1) is 23.6. The zero-order valence-corrected chi connectivity index (χ0v) is 29.0. The van der Waals surface area contributed by atoms with Crippen LogP contribution in [-0.4, -0.2) is 59.3 Å². The molecule has 3 atom stereocenters. The molecule has 12 heteroatoms. The maximum Gasteiger partial charge on any atom is 0.248 e. The Hall–Kier alpha value is -4.81. The summed E-state index contributed by atoms with van der Waals surface area (Å²) in [5.41, 5.74) is 6.29. The summed E-state index contributed by atoms with van der Waals surface area (Å²) in [7, 11) is 0. The Balaban J connectivity index is 1.15. The first-order valence-corrected chi connectivity index (χ1v) is 17.1. The van der Waals surface area contributed by atoms with Gasteiger partial charge < -0.3 is 15.0 Å². The van der Waals surface area contributed by atoms with Gasteiger partial charge in [-0.05, 0) is 94.9 Å². The lowest BCUT2D eigenvalue weighted by molar-refractivity contribution is -0.138. The van der Waals surface area contributed by atoms with Gasteiger partial charge in [0, 0.05) is 41.9 Å². The number of aryl methyl sites for hydroxylation is 2. The second kappa shape index (κ2) is 12.0. The molecule has 49 heavy (non-hydrogen) atoms. The molecule has 6 heterocycles. The van der Waals surface area contributed by atoms with Crippen LogP contribution in [-0.2, 0) is 40.5 Å². The van der Waals surface area contributed by atoms with E-state index in [4.69, 9.17) is 4.74 Å². The third-order valence-electron chi connectivity index (χ3n) is 10.1. The number of rotatable bonds is 4. The van der Waals surface area contributed by atoms with Crippen LogP contribution in [0.1, 0.15) is 58.3 Å². The maximum absolute atomic E-state index is 14.4. The Morgan fingerprint density at radius 1 is 1.00 bits per heavy atom. The number of Topliss-reactive ketones (excluding diaryl/α,β-unsaturated/α-hetero) is 1. The minimum atomic E-state index is -0.700. The number of nitrogens with zero attached hydrogens (tertiary/aromatic N) is 6. The zero-order chi connectivity index (χ0) is 34.0. The molecule has 2 aromatic carbocycles. The molecule has 1 N–H and O–H groups in total. The number of ketones is 1. The van der Waals surface area contributed by atoms with E-state index in [-0.39, 0.29) is 47.9 Å². The zero-order valence-electron chi connectivity index (χ0n) is 27.4. The molecule has 3 aliphatic heterocycles. The van der Waals surface area contributed by atoms with Crippen molar-refractivity contribution in [3.63, 3.8) is 0 Å². The van der Waals surface area contributed by atoms with Crippen LogP contribution in [0.4, 0.5) is 5.82 Å². The van der Waals surface area contributed by atoms with Crippen molar-refractivity contribution in [1.82, 2.24) is 29.6 Å². The van der Waals surface area contributed by atoms with Crippen LogP contribution in [0.2, 0.25) is 0 Å². The molecule has 1 saturated heterocycles. The Morgan fingerprint density at radius 3 is 2.51 bits per heavy atom. The number of aromatic nitrogens is 5. The summed E-state index contributed by atoms with van der Waals surface area (Å²) in [6.07, 6.45) is 5.62. The normalized spacial score (nSPS) is 21.5. The van der Waals surface area contributed by atoms with Gasteiger partial charge in [0.25, 0.3) is 0 Å². The molecule has 1 saturated carbocycles. The first-order valence-electron chi connectivity index (χ1n) is 16.3. The fourth-order valence-corrected chi connectivity index (χ4v) is 7.93. The molecular formula is C37H34BrN7O4. The number of likely N-dealkylation sites (tertiary alicyclic amines) is 1. The highest BCUT2D eigenvalue weighted by molar-refractivity contribution is 9.10. The van der Waals surface area contributed by atoms with Crippen molar-refractivity contribution in [3.8, 4) is 11.1 Å². The number of hydrogen-bond donors (Lipinski definition) is 1. The highest BCUT2D eigenvalue weighted by Gasteiger charge is 2.66. The molecule has 2 unspecified atom stereocenters. The topological polar surface area (TPSA) is 132 Å². The largest absolute Gasteiger partial charge is 0.372 e. The predicted molar refractivity (Wildman–Crippen MR) is 186 cm³/mol. The van der Waals surface area contributed by atoms with E-state index in [1.165, 1.54) is 6.92 Å². The highest BCUT2D eigenvalue weighted by Crippen LogP contribution is 2.61. The van der Waals surface area contributed by atoms with Crippen LogP contribution in [0.5, 0.6) is 0 Å². The number of hydrogen-bond acceptors (Lipinski definition) is 8. The van der Waals surface area contributed by atoms with Crippen molar-refractivity contribution in [1.29, 1.82) is 0 Å². The van der Waals surface area contributed by atoms with Crippen LogP contribution in [0.3, 0.4) is 0 Å². The number of amides is 2. The summed E-state index contributed by atoms with van der Waals surface area (Å²) < 4.78 is 8.20. The van der Waals surface area contributed by atoms with Crippen molar-refractivity contribution in [2.75, 3.05) is 5.32 Å². The van der Waals surface area contributed by atoms with Gasteiger partial charge in [-0.3, -0.25) is 19.1 Å². The van der Waals surface area contributed by atoms with Gasteiger partial charge in [0.05, 0.1) is 18.7 Å². The van der Waals surface area contributed by atoms with Crippen LogP contribution in [0.25, 0.3) is 22.0 Å². The number of fused-ring (bicyclic) bond motifs is 6. The molecular weight excluding hydrogens is 686 g/mol. The summed E-state index contributed by atoms with van der Waals surface area (Å²) in [6, 6.07) is 15.2. The van der Waals surface area contributed by atoms with Gasteiger partial charge in [-0.15, -0.1) is 0 Å². The molecule has 248 valence electrons. The fourth-order valence-electron chi connectivity index (χ4n) is 7.62. The number of benzene rings is 2. The molecule has 11 nitrogen and oxygen atoms in total. The van der Waals surface area contributed by atoms with Crippen LogP contribution < -0.4 is 5.32 Å². The van der Waals surface area contributed by atoms with E-state index >= 15 is 0 Å². The lowest BCUT2D eigenvalue weighted by Gasteiger charge is -2.27. The van der Waals surface area contributed by atoms with E-state index in [1.807, 2.05) is 38.1 Å². The monoisotopic (exact) mass is 719 g/mol. The number of ether oxygens (including phenoxy) is 1. The summed E-state index contributed by atoms with van der Waals surface area (Å²) in [5.74, 6) is 0.364. The Bertz CT molecular complexity index is 2160. The second-order valence-electron chi connectivity index (χ2n) is 13.5. The summed E-state index contributed by atoms with van der Waals surface area (Å²) in [6.45, 7) is 5.84. The molecule has 1 spiro atoms. The molecule has 0 radical (unpaired) electrons. The third kappa shape index (κ3) is 5.72. The fraction of sp³-hybridized carbons (Fsp3) is 0.324. The molecule has 2 amide bonds. The SMILES string of the molecule is CC(=O)c1nn(CC(=O)N2C3C[C@@]4(Cc5ccc(cc5)COCc5ccc(Br)nc5NC3=O)CC24)c2c(C)cc(-c3cnc(C)nc3)cc12. The van der Waals surface area contributed by atoms with Crippen molar-refractivity contribution in [2.24, 2.45) is 5.41 Å². The van der Waals surface area contributed by atoms with E-state index in [1.54, 1.807) is 22.0 Å². The van der Waals surface area contributed by atoms with Gasteiger partial charge in [-0.1, -0.05) is 30.3 Å². The summed E-state index contributed by atoms with van der Waals surface area (Å²) in [5, 5.41) is 8.37. The number of anilines is 1. The van der Waals surface area contributed by atoms with E-state index in [0.717, 1.165) is 46.2 Å². The highest BCUT2D eigenvalue weighted by atomic mass is 79.9. The van der Waals surface area contributed by atoms with Gasteiger partial charge in [-0.2, -0.15) is 5.10 Å². The number of piperidine rings is 1. The quantitative estimate of drug-likeness (QED) is 0.184. The van der Waals surface area contributed by atoms with Crippen molar-refractivity contribution >= 4 is 50.2 Å². The first kappa shape index (κ1) is 31.5. The lowest BCUT2D eigenvalue weighted by Crippen LogP contribution is -2.47. The van der Waals surface area contributed by atoms with Crippen LogP contribution in [0, 0.1) is 19.3 Å². The molecule has 2 fully saturated rings. The van der Waals surface area contributed by atoms with Crippen LogP contribution in [0.15, 0.2) is 65.5 Å². The van der Waals surface area contributed by atoms with E-state index < -0.39 is 6.04 Å². The van der Waals surface area contributed by atoms with E-state index in [9.17, 15) is 14.4 Å². The Labute approximate surface area is 291 Å². The van der Waals surface area contributed by atoms with Gasteiger partial charge in [0.1, 0.15) is 34.5 Å². The minimum Gasteiger partial charge on any atom is -0.372 e. The molecule has 1 aliphatic carbocycles. The van der Waals surface area contributed by atoms with Gasteiger partial charge >= 0.3 is 0 Å². The third-order valence-corrected chi connectivity index (χ3v) is 10.5. The van der Waals surface area contributed by atoms with Gasteiger partial charge in [0.15, 0.2) is 5.78 Å². The molecule has 3 aromatic heterocycles. The lowest BCUT2D eigenvalue weighted by atomic mass is 9.91. The molecule has 4 aliphatic rings. The number of pyridine rings is 1. The van der Waals surface area contributed by atoms with Crippen molar-refractivity contribution < 1.29 is 19.1 Å². The van der Waals surface area contributed by atoms with Gasteiger partial charge in [-0.25, -0.2) is 15.0 Å². The number of carbonyl (C=O) groups excluding carboxylic acids is 3. The van der Waals surface area contributed by atoms with E-state index in [0.29, 0.717) is 40.2 Å². The molecule has 4 bridgehead atoms. The Morgan fingerprint density at radius 2 is 1.76 bits per heavy atom. The standard InChI is InChI=1S/C37H34BrN7O4/c1-20-10-26(27-15-39-22(3)40-16-27)11-28-33(21(2)46)43-44(34(20)28)17-32(47)45-29-13-37(14-30(37)45)12-23-4-6-24(7-5-23)18-49-19-25-8-9-31(38)41-35(25)42-36(29)48/h4-11,15-16,29-30H,12-14,17-19H2,1-3H3,(H,41,42,48)/t29?,30?,37-/m0/s1. The van der Waals surface area contributed by atoms with Crippen molar-refractivity contribution in [2.45, 2.75) is 71.9 Å². The average molecular weight is 721 g/mol. The van der Waals surface area contributed by atoms with Gasteiger partial charge in [0.2, 0.25) is 11.8 Å². The molecule has 5 aromatic rings. The maximum atomic E-state index is 14.4.